The topological polar surface area (TPSA) is 20.3 Å². The first-order chi connectivity index (χ1) is 7.70. The number of carbonyl (C=O) groups excluding carboxylic acids is 1. The van der Waals surface area contributed by atoms with Crippen molar-refractivity contribution in [1.82, 2.24) is 4.90 Å². The van der Waals surface area contributed by atoms with E-state index in [-0.39, 0.29) is 5.91 Å². The number of likely N-dealkylation sites (tertiary alicyclic amines) is 1. The molecule has 2 nitrogen and oxygen atoms in total. The zero-order chi connectivity index (χ0) is 11.5. The molecule has 0 saturated carbocycles. The zero-order valence-corrected chi connectivity index (χ0v) is 11.8. The molecule has 2 heterocycles. The van der Waals surface area contributed by atoms with Gasteiger partial charge in [-0.15, -0.1) is 11.3 Å². The van der Waals surface area contributed by atoms with E-state index in [9.17, 15) is 4.79 Å². The van der Waals surface area contributed by atoms with E-state index in [1.807, 2.05) is 17.0 Å². The highest BCUT2D eigenvalue weighted by molar-refractivity contribution is 9.11. The van der Waals surface area contributed by atoms with Crippen molar-refractivity contribution < 1.29 is 4.79 Å². The maximum absolute atomic E-state index is 12.1. The molecule has 0 N–H and O–H groups in total. The first kappa shape index (κ1) is 12.1. The zero-order valence-electron chi connectivity index (χ0n) is 9.41. The van der Waals surface area contributed by atoms with Gasteiger partial charge < -0.3 is 4.90 Å². The van der Waals surface area contributed by atoms with E-state index in [0.29, 0.717) is 0 Å². The molecule has 1 saturated heterocycles. The average Bonchev–Trinajstić information content (AvgIpc) is 2.75. The predicted octanol–water partition coefficient (Wildman–Crippen LogP) is 3.77. The van der Waals surface area contributed by atoms with E-state index in [2.05, 4.69) is 22.9 Å². The van der Waals surface area contributed by atoms with E-state index in [0.717, 1.165) is 40.5 Å². The molecular weight excluding hydrogens is 286 g/mol. The Labute approximate surface area is 109 Å². The third-order valence-electron chi connectivity index (χ3n) is 3.26. The van der Waals surface area contributed by atoms with Gasteiger partial charge in [0.2, 0.25) is 0 Å². The third kappa shape index (κ3) is 2.66. The van der Waals surface area contributed by atoms with Gasteiger partial charge in [0.15, 0.2) is 0 Å². The van der Waals surface area contributed by atoms with Gasteiger partial charge in [0, 0.05) is 13.1 Å². The molecule has 1 aromatic rings. The van der Waals surface area contributed by atoms with Crippen molar-refractivity contribution in [2.24, 2.45) is 5.92 Å². The molecule has 0 aromatic carbocycles. The quantitative estimate of drug-likeness (QED) is 0.814. The van der Waals surface area contributed by atoms with Crippen LogP contribution in [0.5, 0.6) is 0 Å². The first-order valence-electron chi connectivity index (χ1n) is 5.75. The van der Waals surface area contributed by atoms with Crippen LogP contribution in [0.3, 0.4) is 0 Å². The lowest BCUT2D eigenvalue weighted by molar-refractivity contribution is 0.0694. The minimum atomic E-state index is 0.199. The fraction of sp³-hybridized carbons (Fsp3) is 0.583. The summed E-state index contributed by atoms with van der Waals surface area (Å²) in [6.45, 7) is 4.08. The molecule has 16 heavy (non-hydrogen) atoms. The molecule has 1 aromatic heterocycles. The highest BCUT2D eigenvalue weighted by Gasteiger charge is 2.23. The van der Waals surface area contributed by atoms with Gasteiger partial charge in [0.25, 0.3) is 5.91 Å². The monoisotopic (exact) mass is 301 g/mol. The standard InChI is InChI=1S/C12H16BrNOS/c1-2-9-5-7-14(8-6-9)12(15)10-3-4-11(13)16-10/h3-4,9H,2,5-8H2,1H3. The van der Waals surface area contributed by atoms with E-state index in [1.165, 1.54) is 17.8 Å². The van der Waals surface area contributed by atoms with Crippen LogP contribution in [0.4, 0.5) is 0 Å². The maximum Gasteiger partial charge on any atom is 0.263 e. The molecule has 0 radical (unpaired) electrons. The van der Waals surface area contributed by atoms with Gasteiger partial charge in [-0.3, -0.25) is 4.79 Å². The summed E-state index contributed by atoms with van der Waals surface area (Å²) in [6.07, 6.45) is 3.57. The number of hydrogen-bond acceptors (Lipinski definition) is 2. The molecule has 4 heteroatoms. The number of carbonyl (C=O) groups is 1. The fourth-order valence-electron chi connectivity index (χ4n) is 2.13. The van der Waals surface area contributed by atoms with Crippen LogP contribution in [0.2, 0.25) is 0 Å². The lowest BCUT2D eigenvalue weighted by atomic mass is 9.94. The average molecular weight is 302 g/mol. The van der Waals surface area contributed by atoms with E-state index in [1.54, 1.807) is 0 Å². The fourth-order valence-corrected chi connectivity index (χ4v) is 3.48. The van der Waals surface area contributed by atoms with Crippen molar-refractivity contribution in [3.05, 3.63) is 20.8 Å². The minimum absolute atomic E-state index is 0.199. The van der Waals surface area contributed by atoms with Crippen LogP contribution in [0.15, 0.2) is 15.9 Å². The summed E-state index contributed by atoms with van der Waals surface area (Å²) < 4.78 is 1.03. The number of amides is 1. The third-order valence-corrected chi connectivity index (χ3v) is 4.87. The van der Waals surface area contributed by atoms with Gasteiger partial charge in [-0.05, 0) is 46.8 Å². The largest absolute Gasteiger partial charge is 0.338 e. The molecule has 0 atom stereocenters. The summed E-state index contributed by atoms with van der Waals surface area (Å²) in [4.78, 5) is 15.0. The van der Waals surface area contributed by atoms with Crippen molar-refractivity contribution >= 4 is 33.2 Å². The van der Waals surface area contributed by atoms with Crippen LogP contribution in [0, 0.1) is 5.92 Å². The molecule has 88 valence electrons. The normalized spacial score (nSPS) is 17.8. The predicted molar refractivity (Wildman–Crippen MR) is 70.9 cm³/mol. The summed E-state index contributed by atoms with van der Waals surface area (Å²) in [7, 11) is 0. The van der Waals surface area contributed by atoms with Crippen LogP contribution in [0.25, 0.3) is 0 Å². The molecule has 0 bridgehead atoms. The van der Waals surface area contributed by atoms with Gasteiger partial charge in [0.1, 0.15) is 0 Å². The summed E-state index contributed by atoms with van der Waals surface area (Å²) in [5, 5.41) is 0. The summed E-state index contributed by atoms with van der Waals surface area (Å²) in [5.74, 6) is 1.02. The SMILES string of the molecule is CCC1CCN(C(=O)c2ccc(Br)s2)CC1. The number of rotatable bonds is 2. The Bertz CT molecular complexity index is 369. The van der Waals surface area contributed by atoms with Crippen LogP contribution < -0.4 is 0 Å². The highest BCUT2D eigenvalue weighted by Crippen LogP contribution is 2.26. The van der Waals surface area contributed by atoms with Gasteiger partial charge in [-0.25, -0.2) is 0 Å². The second kappa shape index (κ2) is 5.32. The van der Waals surface area contributed by atoms with Crippen molar-refractivity contribution in [2.75, 3.05) is 13.1 Å². The highest BCUT2D eigenvalue weighted by atomic mass is 79.9. The van der Waals surface area contributed by atoms with Gasteiger partial charge in [-0.2, -0.15) is 0 Å². The number of hydrogen-bond donors (Lipinski definition) is 0. The molecule has 1 amide bonds. The molecule has 1 aliphatic rings. The second-order valence-electron chi connectivity index (χ2n) is 4.25. The Kier molecular flexibility index (Phi) is 4.03. The lowest BCUT2D eigenvalue weighted by Gasteiger charge is -2.31. The summed E-state index contributed by atoms with van der Waals surface area (Å²) in [6, 6.07) is 3.85. The van der Waals surface area contributed by atoms with Gasteiger partial charge in [0.05, 0.1) is 8.66 Å². The molecule has 0 spiro atoms. The number of nitrogens with zero attached hydrogens (tertiary/aromatic N) is 1. The van der Waals surface area contributed by atoms with Crippen LogP contribution in [-0.2, 0) is 0 Å². The Morgan fingerprint density at radius 3 is 2.69 bits per heavy atom. The maximum atomic E-state index is 12.1. The van der Waals surface area contributed by atoms with Gasteiger partial charge in [-0.1, -0.05) is 13.3 Å². The molecule has 2 rings (SSSR count). The Hall–Kier alpha value is -0.350. The van der Waals surface area contributed by atoms with Crippen molar-refractivity contribution in [3.8, 4) is 0 Å². The number of thiophene rings is 1. The Morgan fingerprint density at radius 2 is 2.19 bits per heavy atom. The van der Waals surface area contributed by atoms with Crippen molar-refractivity contribution in [1.29, 1.82) is 0 Å². The molecule has 0 aliphatic carbocycles. The number of halogens is 1. The van der Waals surface area contributed by atoms with Crippen LogP contribution in [-0.4, -0.2) is 23.9 Å². The van der Waals surface area contributed by atoms with Gasteiger partial charge >= 0.3 is 0 Å². The van der Waals surface area contributed by atoms with E-state index >= 15 is 0 Å². The summed E-state index contributed by atoms with van der Waals surface area (Å²) in [5.41, 5.74) is 0. The Morgan fingerprint density at radius 1 is 1.50 bits per heavy atom. The van der Waals surface area contributed by atoms with E-state index < -0.39 is 0 Å². The van der Waals surface area contributed by atoms with Crippen molar-refractivity contribution in [3.63, 3.8) is 0 Å². The number of piperidine rings is 1. The molecule has 1 fully saturated rings. The molecular formula is C12H16BrNOS. The molecule has 0 unspecified atom stereocenters. The van der Waals surface area contributed by atoms with Crippen LogP contribution in [0.1, 0.15) is 35.9 Å². The Balaban J connectivity index is 1.96. The minimum Gasteiger partial charge on any atom is -0.338 e. The first-order valence-corrected chi connectivity index (χ1v) is 7.36. The smallest absolute Gasteiger partial charge is 0.263 e. The van der Waals surface area contributed by atoms with Crippen LogP contribution >= 0.6 is 27.3 Å². The lowest BCUT2D eigenvalue weighted by Crippen LogP contribution is -2.37. The molecule has 1 aliphatic heterocycles. The van der Waals surface area contributed by atoms with E-state index in [4.69, 9.17) is 0 Å². The summed E-state index contributed by atoms with van der Waals surface area (Å²) >= 11 is 4.91. The van der Waals surface area contributed by atoms with Crippen molar-refractivity contribution in [2.45, 2.75) is 26.2 Å². The second-order valence-corrected chi connectivity index (χ2v) is 6.71.